The van der Waals surface area contributed by atoms with E-state index in [9.17, 15) is 29.1 Å². The van der Waals surface area contributed by atoms with E-state index in [1.807, 2.05) is 37.9 Å². The van der Waals surface area contributed by atoms with Crippen molar-refractivity contribution in [3.8, 4) is 0 Å². The van der Waals surface area contributed by atoms with Crippen LogP contribution >= 0.6 is 11.3 Å². The summed E-state index contributed by atoms with van der Waals surface area (Å²) in [4.78, 5) is 78.6. The Morgan fingerprint density at radius 1 is 1.05 bits per heavy atom. The number of hydrogen-bond donors (Lipinski definition) is 4. The normalized spacial score (nSPS) is 17.3. The number of unbranched alkanes of at least 4 members (excludes halogenated alkanes) is 3. The Morgan fingerprint density at radius 2 is 1.76 bits per heavy atom. The first-order chi connectivity index (χ1) is 29.4. The van der Waals surface area contributed by atoms with Crippen LogP contribution in [0.15, 0.2) is 34.6 Å². The SMILES string of the molecule is CCCCCCN(C(=O)C(/C=N/C(=O)C1CCCCN1C)[C@@H](C)CC)[C@H](CC(OCC)c1nc(C(=O)N[C@@H](Cc2ccc(NCC(=O)O)cc2)CC(C)(C)C(=O)O)cs1)C(C)C. The molecule has 62 heavy (non-hydrogen) atoms. The molecule has 1 aliphatic rings. The highest BCUT2D eigenvalue weighted by molar-refractivity contribution is 7.09. The summed E-state index contributed by atoms with van der Waals surface area (Å²) in [5.41, 5.74) is 0.521. The van der Waals surface area contributed by atoms with E-state index >= 15 is 0 Å². The third-order valence-electron chi connectivity index (χ3n) is 12.1. The summed E-state index contributed by atoms with van der Waals surface area (Å²) in [7, 11) is 1.96. The Balaban J connectivity index is 1.90. The van der Waals surface area contributed by atoms with E-state index in [4.69, 9.17) is 14.8 Å². The average molecular weight is 883 g/mol. The van der Waals surface area contributed by atoms with E-state index in [2.05, 4.69) is 48.2 Å². The minimum atomic E-state index is -1.14. The topological polar surface area (TPSA) is 191 Å². The van der Waals surface area contributed by atoms with Gasteiger partial charge in [0.1, 0.15) is 23.4 Å². The maximum Gasteiger partial charge on any atom is 0.322 e. The van der Waals surface area contributed by atoms with Gasteiger partial charge in [-0.2, -0.15) is 0 Å². The third-order valence-corrected chi connectivity index (χ3v) is 13.0. The number of piperidine rings is 1. The van der Waals surface area contributed by atoms with E-state index in [-0.39, 0.29) is 54.4 Å². The second kappa shape index (κ2) is 25.8. The van der Waals surface area contributed by atoms with Gasteiger partial charge in [-0.25, -0.2) is 9.98 Å². The van der Waals surface area contributed by atoms with Crippen molar-refractivity contribution in [3.05, 3.63) is 45.9 Å². The average Bonchev–Trinajstić information content (AvgIpc) is 3.73. The minimum Gasteiger partial charge on any atom is -0.481 e. The molecule has 3 rings (SSSR count). The first kappa shape index (κ1) is 52.1. The maximum atomic E-state index is 14.9. The summed E-state index contributed by atoms with van der Waals surface area (Å²) in [6, 6.07) is 6.08. The number of thiazole rings is 1. The number of likely N-dealkylation sites (N-methyl/N-ethyl adjacent to an activating group) is 1. The second-order valence-corrected chi connectivity index (χ2v) is 18.8. The number of benzene rings is 1. The molecule has 15 heteroatoms. The molecule has 1 saturated heterocycles. The van der Waals surface area contributed by atoms with E-state index in [1.165, 1.54) is 11.3 Å². The van der Waals surface area contributed by atoms with Crippen LogP contribution in [0, 0.1) is 23.2 Å². The van der Waals surface area contributed by atoms with Gasteiger partial charge in [-0.15, -0.1) is 11.3 Å². The quantitative estimate of drug-likeness (QED) is 0.0501. The Hall–Kier alpha value is -4.21. The Labute approximate surface area is 373 Å². The van der Waals surface area contributed by atoms with Gasteiger partial charge in [0.2, 0.25) is 5.91 Å². The van der Waals surface area contributed by atoms with Gasteiger partial charge in [0.25, 0.3) is 11.8 Å². The van der Waals surface area contributed by atoms with Crippen LogP contribution in [0.5, 0.6) is 0 Å². The summed E-state index contributed by atoms with van der Waals surface area (Å²) in [6.07, 6.45) is 9.54. The largest absolute Gasteiger partial charge is 0.481 e. The molecule has 346 valence electrons. The van der Waals surface area contributed by atoms with Gasteiger partial charge in [0.15, 0.2) is 0 Å². The summed E-state index contributed by atoms with van der Waals surface area (Å²) in [5, 5.41) is 27.1. The molecule has 2 heterocycles. The molecule has 0 saturated carbocycles. The van der Waals surface area contributed by atoms with E-state index in [1.54, 1.807) is 37.6 Å². The number of anilines is 1. The van der Waals surface area contributed by atoms with Gasteiger partial charge >= 0.3 is 11.9 Å². The molecule has 14 nitrogen and oxygen atoms in total. The van der Waals surface area contributed by atoms with Crippen LogP contribution in [0.2, 0.25) is 0 Å². The highest BCUT2D eigenvalue weighted by Crippen LogP contribution is 2.33. The number of carboxylic acid groups (broad SMARTS) is 2. The number of carbonyl (C=O) groups is 5. The molecular formula is C47H74N6O8S. The molecular weight excluding hydrogens is 809 g/mol. The van der Waals surface area contributed by atoms with Crippen molar-refractivity contribution in [1.82, 2.24) is 20.1 Å². The van der Waals surface area contributed by atoms with E-state index < -0.39 is 41.3 Å². The van der Waals surface area contributed by atoms with Crippen LogP contribution in [0.4, 0.5) is 5.69 Å². The number of aliphatic imine (C=N–C) groups is 1. The van der Waals surface area contributed by atoms with Crippen LogP contribution < -0.4 is 10.6 Å². The molecule has 1 aliphatic heterocycles. The summed E-state index contributed by atoms with van der Waals surface area (Å²) in [6.45, 7) is 17.2. The van der Waals surface area contributed by atoms with Crippen molar-refractivity contribution in [2.24, 2.45) is 28.2 Å². The highest BCUT2D eigenvalue weighted by Gasteiger charge is 2.37. The van der Waals surface area contributed by atoms with Crippen molar-refractivity contribution in [2.45, 2.75) is 150 Å². The summed E-state index contributed by atoms with van der Waals surface area (Å²) in [5.74, 6) is -3.21. The zero-order valence-corrected chi connectivity index (χ0v) is 39.5. The predicted molar refractivity (Wildman–Crippen MR) is 246 cm³/mol. The number of carbonyl (C=O) groups excluding carboxylic acids is 3. The lowest BCUT2D eigenvalue weighted by Gasteiger charge is -2.39. The molecule has 3 unspecified atom stereocenters. The molecule has 1 fully saturated rings. The number of hydrogen-bond acceptors (Lipinski definition) is 10. The minimum absolute atomic E-state index is 0.0399. The summed E-state index contributed by atoms with van der Waals surface area (Å²) >= 11 is 1.32. The number of carboxylic acids is 2. The van der Waals surface area contributed by atoms with Gasteiger partial charge in [-0.1, -0.05) is 78.9 Å². The lowest BCUT2D eigenvalue weighted by atomic mass is 9.84. The molecule has 4 N–H and O–H groups in total. The number of nitrogens with zero attached hydrogens (tertiary/aromatic N) is 4. The predicted octanol–water partition coefficient (Wildman–Crippen LogP) is 8.13. The van der Waals surface area contributed by atoms with Crippen molar-refractivity contribution >= 4 is 52.9 Å². The fraction of sp³-hybridized carbons (Fsp3) is 0.681. The molecule has 0 aliphatic carbocycles. The fourth-order valence-electron chi connectivity index (χ4n) is 7.99. The third kappa shape index (κ3) is 16.2. The smallest absolute Gasteiger partial charge is 0.322 e. The molecule has 3 amide bonds. The Kier molecular flexibility index (Phi) is 21.7. The van der Waals surface area contributed by atoms with Gasteiger partial charge in [-0.3, -0.25) is 28.9 Å². The molecule has 6 atom stereocenters. The van der Waals surface area contributed by atoms with E-state index in [0.717, 1.165) is 63.5 Å². The monoisotopic (exact) mass is 883 g/mol. The highest BCUT2D eigenvalue weighted by atomic mass is 32.1. The second-order valence-electron chi connectivity index (χ2n) is 17.9. The van der Waals surface area contributed by atoms with Crippen molar-refractivity contribution in [2.75, 3.05) is 38.6 Å². The van der Waals surface area contributed by atoms with Crippen LogP contribution in [0.25, 0.3) is 0 Å². The van der Waals surface area contributed by atoms with Gasteiger partial charge in [0, 0.05) is 48.9 Å². The zero-order valence-electron chi connectivity index (χ0n) is 38.7. The Morgan fingerprint density at radius 3 is 2.35 bits per heavy atom. The first-order valence-corrected chi connectivity index (χ1v) is 23.5. The van der Waals surface area contributed by atoms with Crippen molar-refractivity contribution in [3.63, 3.8) is 0 Å². The number of amides is 3. The number of ether oxygens (including phenoxy) is 1. The molecule has 1 aromatic heterocycles. The maximum absolute atomic E-state index is 14.9. The molecule has 0 radical (unpaired) electrons. The zero-order chi connectivity index (χ0) is 46.0. The van der Waals surface area contributed by atoms with E-state index in [0.29, 0.717) is 36.7 Å². The number of aliphatic carboxylic acids is 2. The van der Waals surface area contributed by atoms with Crippen LogP contribution in [-0.4, -0.2) is 112 Å². The number of likely N-dealkylation sites (tertiary alicyclic amines) is 1. The number of rotatable bonds is 27. The molecule has 0 spiro atoms. The molecule has 0 bridgehead atoms. The molecule has 2 aromatic rings. The Bertz CT molecular complexity index is 1760. The first-order valence-electron chi connectivity index (χ1n) is 22.7. The van der Waals surface area contributed by atoms with Crippen LogP contribution in [0.1, 0.15) is 147 Å². The van der Waals surface area contributed by atoms with Gasteiger partial charge in [-0.05, 0) is 96.0 Å². The van der Waals surface area contributed by atoms with Crippen molar-refractivity contribution < 1.29 is 38.9 Å². The molecule has 1 aromatic carbocycles. The lowest BCUT2D eigenvalue weighted by Crippen LogP contribution is -2.49. The van der Waals surface area contributed by atoms with Crippen molar-refractivity contribution in [1.29, 1.82) is 0 Å². The lowest BCUT2D eigenvalue weighted by molar-refractivity contribution is -0.147. The fourth-order valence-corrected chi connectivity index (χ4v) is 8.85. The standard InChI is InChI=1S/C47H74N6O8S/c1-10-13-14-16-24-53(45(58)36(32(6)11-2)28-49-43(57)38-18-15-17-23-52(38)9)39(31(4)5)26-40(61-12-3)44-51-37(30-62-44)42(56)50-35(27-47(7,8)46(59)60)25-33-19-21-34(22-20-33)48-29-41(54)55/h19-22,28,30-32,35-36,38-40,48H,10-18,23-27,29H2,1-9H3,(H,50,56)(H,54,55)(H,59,60)/b49-28+/t32-,35-,36?,38?,39+,40?/m0/s1. The van der Waals surface area contributed by atoms with Gasteiger partial charge in [0.05, 0.1) is 17.4 Å². The summed E-state index contributed by atoms with van der Waals surface area (Å²) < 4.78 is 6.35. The number of nitrogens with one attached hydrogen (secondary N) is 2. The van der Waals surface area contributed by atoms with Gasteiger partial charge < -0.3 is 30.5 Å². The van der Waals surface area contributed by atoms with Crippen LogP contribution in [0.3, 0.4) is 0 Å². The van der Waals surface area contributed by atoms with Crippen LogP contribution in [-0.2, 0) is 30.3 Å². The number of aromatic nitrogens is 1.